The minimum atomic E-state index is 0.116. The van der Waals surface area contributed by atoms with Gasteiger partial charge in [0.1, 0.15) is 0 Å². The largest absolute Gasteiger partial charge is 0.339 e. The summed E-state index contributed by atoms with van der Waals surface area (Å²) in [6.45, 7) is 9.52. The van der Waals surface area contributed by atoms with E-state index >= 15 is 0 Å². The first-order chi connectivity index (χ1) is 14.9. The fourth-order valence-electron chi connectivity index (χ4n) is 3.78. The van der Waals surface area contributed by atoms with E-state index in [9.17, 15) is 4.79 Å². The zero-order chi connectivity index (χ0) is 22.0. The number of hydrogen-bond acceptors (Lipinski definition) is 6. The van der Waals surface area contributed by atoms with Gasteiger partial charge < -0.3 is 9.80 Å². The lowest BCUT2D eigenvalue weighted by atomic mass is 9.86. The maximum Gasteiger partial charge on any atom is 0.254 e. The molecular weight excluding hydrogens is 408 g/mol. The number of thioether (sulfide) groups is 1. The number of rotatable bonds is 5. The molecule has 1 aliphatic rings. The zero-order valence-electron chi connectivity index (χ0n) is 18.7. The third-order valence-corrected chi connectivity index (χ3v) is 6.32. The van der Waals surface area contributed by atoms with E-state index in [4.69, 9.17) is 5.10 Å². The van der Waals surface area contributed by atoms with E-state index in [0.29, 0.717) is 31.2 Å². The zero-order valence-corrected chi connectivity index (χ0v) is 19.5. The van der Waals surface area contributed by atoms with Crippen LogP contribution in [0.25, 0.3) is 17.0 Å². The third-order valence-electron chi connectivity index (χ3n) is 5.71. The molecule has 8 heteroatoms. The first-order valence-corrected chi connectivity index (χ1v) is 12.1. The number of anilines is 1. The van der Waals surface area contributed by atoms with Crippen LogP contribution in [-0.2, 0) is 10.2 Å². The summed E-state index contributed by atoms with van der Waals surface area (Å²) < 4.78 is 1.82. The summed E-state index contributed by atoms with van der Waals surface area (Å²) in [6, 6.07) is 10.6. The molecule has 1 fully saturated rings. The molecule has 0 atom stereocenters. The molecule has 1 amide bonds. The van der Waals surface area contributed by atoms with E-state index in [0.717, 1.165) is 30.1 Å². The topological polar surface area (TPSA) is 66.6 Å². The number of amides is 1. The van der Waals surface area contributed by atoms with Gasteiger partial charge in [-0.2, -0.15) is 21.3 Å². The first-order valence-electron chi connectivity index (χ1n) is 10.7. The van der Waals surface area contributed by atoms with Gasteiger partial charge in [-0.1, -0.05) is 45.0 Å². The van der Waals surface area contributed by atoms with E-state index in [2.05, 4.69) is 59.9 Å². The van der Waals surface area contributed by atoms with Crippen LogP contribution >= 0.6 is 11.8 Å². The normalized spacial score (nSPS) is 15.0. The third kappa shape index (κ3) is 4.69. The number of benzene rings is 1. The molecule has 4 rings (SSSR count). The highest BCUT2D eigenvalue weighted by molar-refractivity contribution is 7.98. The highest BCUT2D eigenvalue weighted by Gasteiger charge is 2.24. The number of aromatic nitrogens is 4. The summed E-state index contributed by atoms with van der Waals surface area (Å²) >= 11 is 1.71. The van der Waals surface area contributed by atoms with Gasteiger partial charge in [0.05, 0.1) is 5.69 Å². The number of carbonyl (C=O) groups excluding carboxylic acids is 1. The number of fused-ring (bicyclic) bond motifs is 1. The van der Waals surface area contributed by atoms with Crippen molar-refractivity contribution in [3.63, 3.8) is 0 Å². The Morgan fingerprint density at radius 1 is 1.06 bits per heavy atom. The van der Waals surface area contributed by atoms with Crippen molar-refractivity contribution < 1.29 is 4.79 Å². The van der Waals surface area contributed by atoms with Gasteiger partial charge in [0, 0.05) is 50.1 Å². The molecule has 1 aliphatic heterocycles. The van der Waals surface area contributed by atoms with Crippen LogP contribution in [0.5, 0.6) is 0 Å². The van der Waals surface area contributed by atoms with Crippen molar-refractivity contribution in [3.05, 3.63) is 42.1 Å². The van der Waals surface area contributed by atoms with Crippen LogP contribution in [0.3, 0.4) is 0 Å². The Labute approximate surface area is 187 Å². The Hall–Kier alpha value is -2.61. The molecule has 0 bridgehead atoms. The van der Waals surface area contributed by atoms with E-state index < -0.39 is 0 Å². The maximum atomic E-state index is 12.3. The average Bonchev–Trinajstić information content (AvgIpc) is 3.21. The molecule has 1 aromatic carbocycles. The SMILES string of the molecule is CSCCC(=O)N1CCN(c2nc3nccc(-c4ccc(C(C)(C)C)cc4)n3n2)CC1. The molecular formula is C23H30N6OS. The van der Waals surface area contributed by atoms with Crippen LogP contribution < -0.4 is 4.90 Å². The van der Waals surface area contributed by atoms with Crippen LogP contribution in [0.15, 0.2) is 36.5 Å². The van der Waals surface area contributed by atoms with Crippen molar-refractivity contribution in [2.75, 3.05) is 43.1 Å². The van der Waals surface area contributed by atoms with Crippen molar-refractivity contribution >= 4 is 29.4 Å². The van der Waals surface area contributed by atoms with Crippen molar-refractivity contribution in [2.24, 2.45) is 0 Å². The van der Waals surface area contributed by atoms with Gasteiger partial charge in [0.25, 0.3) is 5.78 Å². The summed E-state index contributed by atoms with van der Waals surface area (Å²) in [5.41, 5.74) is 3.47. The molecule has 31 heavy (non-hydrogen) atoms. The molecule has 0 N–H and O–H groups in total. The molecule has 0 saturated carbocycles. The van der Waals surface area contributed by atoms with E-state index in [1.807, 2.05) is 21.7 Å². The molecule has 3 heterocycles. The smallest absolute Gasteiger partial charge is 0.254 e. The number of hydrogen-bond donors (Lipinski definition) is 0. The van der Waals surface area contributed by atoms with E-state index in [1.54, 1.807) is 18.0 Å². The van der Waals surface area contributed by atoms with Crippen molar-refractivity contribution in [3.8, 4) is 11.3 Å². The molecule has 164 valence electrons. The quantitative estimate of drug-likeness (QED) is 0.608. The van der Waals surface area contributed by atoms with Gasteiger partial charge in [-0.25, -0.2) is 4.98 Å². The standard InChI is InChI=1S/C23H30N6OS/c1-23(2,3)18-7-5-17(6-8-18)19-9-11-24-21-25-22(26-29(19)21)28-14-12-27(13-15-28)20(30)10-16-31-4/h5-9,11H,10,12-16H2,1-4H3. The Morgan fingerprint density at radius 3 is 2.42 bits per heavy atom. The van der Waals surface area contributed by atoms with Gasteiger partial charge in [0.2, 0.25) is 11.9 Å². The van der Waals surface area contributed by atoms with E-state index in [-0.39, 0.29) is 11.3 Å². The fourth-order valence-corrected chi connectivity index (χ4v) is 4.16. The van der Waals surface area contributed by atoms with Crippen molar-refractivity contribution in [1.82, 2.24) is 24.5 Å². The van der Waals surface area contributed by atoms with Gasteiger partial charge >= 0.3 is 0 Å². The monoisotopic (exact) mass is 438 g/mol. The average molecular weight is 439 g/mol. The minimum Gasteiger partial charge on any atom is -0.339 e. The Kier molecular flexibility index (Phi) is 6.18. The van der Waals surface area contributed by atoms with Gasteiger partial charge in [-0.15, -0.1) is 5.10 Å². The van der Waals surface area contributed by atoms with Crippen LogP contribution in [0.1, 0.15) is 32.8 Å². The Balaban J connectivity index is 1.53. The fraction of sp³-hybridized carbons (Fsp3) is 0.478. The highest BCUT2D eigenvalue weighted by atomic mass is 32.2. The molecule has 7 nitrogen and oxygen atoms in total. The number of carbonyl (C=O) groups is 1. The van der Waals surface area contributed by atoms with Crippen LogP contribution in [0.2, 0.25) is 0 Å². The lowest BCUT2D eigenvalue weighted by molar-refractivity contribution is -0.131. The summed E-state index contributed by atoms with van der Waals surface area (Å²) in [5, 5.41) is 4.77. The maximum absolute atomic E-state index is 12.3. The molecule has 2 aromatic heterocycles. The van der Waals surface area contributed by atoms with E-state index in [1.165, 1.54) is 5.56 Å². The van der Waals surface area contributed by atoms with Crippen LogP contribution in [0, 0.1) is 0 Å². The van der Waals surface area contributed by atoms with Gasteiger partial charge in [-0.3, -0.25) is 4.79 Å². The highest BCUT2D eigenvalue weighted by Crippen LogP contribution is 2.26. The predicted molar refractivity (Wildman–Crippen MR) is 127 cm³/mol. The van der Waals surface area contributed by atoms with Crippen molar-refractivity contribution in [2.45, 2.75) is 32.6 Å². The predicted octanol–water partition coefficient (Wildman–Crippen LogP) is 3.49. The molecule has 0 spiro atoms. The second-order valence-electron chi connectivity index (χ2n) is 8.89. The first kappa shape index (κ1) is 21.6. The Bertz CT molecular complexity index is 1050. The molecule has 1 saturated heterocycles. The summed E-state index contributed by atoms with van der Waals surface area (Å²) in [5.74, 6) is 2.37. The van der Waals surface area contributed by atoms with Gasteiger partial charge in [-0.05, 0) is 23.3 Å². The van der Waals surface area contributed by atoms with Crippen LogP contribution in [-0.4, -0.2) is 68.6 Å². The number of piperazine rings is 1. The van der Waals surface area contributed by atoms with Crippen molar-refractivity contribution in [1.29, 1.82) is 0 Å². The molecule has 3 aromatic rings. The number of nitrogens with zero attached hydrogens (tertiary/aromatic N) is 6. The molecule has 0 aliphatic carbocycles. The Morgan fingerprint density at radius 2 is 1.77 bits per heavy atom. The summed E-state index contributed by atoms with van der Waals surface area (Å²) in [4.78, 5) is 25.4. The second kappa shape index (κ2) is 8.86. The molecule has 0 radical (unpaired) electrons. The second-order valence-corrected chi connectivity index (χ2v) is 9.88. The summed E-state index contributed by atoms with van der Waals surface area (Å²) in [7, 11) is 0. The lowest BCUT2D eigenvalue weighted by Gasteiger charge is -2.34. The van der Waals surface area contributed by atoms with Crippen LogP contribution in [0.4, 0.5) is 5.95 Å². The van der Waals surface area contributed by atoms with Gasteiger partial charge in [0.15, 0.2) is 0 Å². The molecule has 0 unspecified atom stereocenters. The lowest BCUT2D eigenvalue weighted by Crippen LogP contribution is -2.49. The minimum absolute atomic E-state index is 0.116. The summed E-state index contributed by atoms with van der Waals surface area (Å²) in [6.07, 6.45) is 4.42.